The molecule has 0 aliphatic carbocycles. The minimum absolute atomic E-state index is 0.0249. The second-order valence-corrected chi connectivity index (χ2v) is 21.6. The molecule has 12 heteroatoms. The van der Waals surface area contributed by atoms with E-state index in [0.717, 1.165) is 161 Å². The molecule has 6 unspecified atom stereocenters. The van der Waals surface area contributed by atoms with Gasteiger partial charge in [-0.05, 0) is 135 Å². The van der Waals surface area contributed by atoms with Gasteiger partial charge in [-0.1, -0.05) is 242 Å². The second-order valence-electron chi connectivity index (χ2n) is 21.6. The highest BCUT2D eigenvalue weighted by atomic mass is 16.7. The van der Waals surface area contributed by atoms with Crippen molar-refractivity contribution in [2.75, 3.05) is 13.2 Å². The summed E-state index contributed by atoms with van der Waals surface area (Å²) in [6, 6.07) is 0. The van der Waals surface area contributed by atoms with E-state index in [0.29, 0.717) is 25.7 Å². The Balaban J connectivity index is 2.74. The van der Waals surface area contributed by atoms with Crippen molar-refractivity contribution >= 4 is 23.9 Å². The lowest BCUT2D eigenvalue weighted by Gasteiger charge is -2.40. The van der Waals surface area contributed by atoms with Crippen LogP contribution in [0.25, 0.3) is 0 Å². The number of aliphatic carboxylic acids is 1. The van der Waals surface area contributed by atoms with Crippen LogP contribution in [0.15, 0.2) is 170 Å². The zero-order valence-corrected chi connectivity index (χ0v) is 53.7. The van der Waals surface area contributed by atoms with Gasteiger partial charge >= 0.3 is 23.9 Å². The number of carbonyl (C=O) groups is 4. The summed E-state index contributed by atoms with van der Waals surface area (Å²) in [4.78, 5) is 51.4. The molecule has 0 aromatic carbocycles. The van der Waals surface area contributed by atoms with Crippen molar-refractivity contribution < 1.29 is 58.2 Å². The van der Waals surface area contributed by atoms with Gasteiger partial charge < -0.3 is 39.0 Å². The quantitative estimate of drug-likeness (QED) is 0.0228. The van der Waals surface area contributed by atoms with E-state index in [1.807, 2.05) is 12.2 Å². The Bertz CT molecular complexity index is 2160. The van der Waals surface area contributed by atoms with Crippen LogP contribution in [-0.2, 0) is 42.9 Å². The molecule has 12 nitrogen and oxygen atoms in total. The van der Waals surface area contributed by atoms with Crippen molar-refractivity contribution in [3.63, 3.8) is 0 Å². The third kappa shape index (κ3) is 49.7. The van der Waals surface area contributed by atoms with Gasteiger partial charge in [0.2, 0.25) is 0 Å². The van der Waals surface area contributed by atoms with Crippen LogP contribution in [0.4, 0.5) is 0 Å². The number of allylic oxidation sites excluding steroid dienone is 28. The smallest absolute Gasteiger partial charge is 0.335 e. The summed E-state index contributed by atoms with van der Waals surface area (Å²) in [6.45, 7) is 5.58. The first-order valence-electron chi connectivity index (χ1n) is 33.1. The molecule has 0 spiro atoms. The van der Waals surface area contributed by atoms with Gasteiger partial charge in [0.15, 0.2) is 24.6 Å². The number of carboxylic acids is 1. The van der Waals surface area contributed by atoms with E-state index in [1.54, 1.807) is 0 Å². The van der Waals surface area contributed by atoms with Crippen LogP contribution in [0.5, 0.6) is 0 Å². The topological polar surface area (TPSA) is 175 Å². The average molecular weight is 1210 g/mol. The van der Waals surface area contributed by atoms with Crippen LogP contribution < -0.4 is 0 Å². The summed E-state index contributed by atoms with van der Waals surface area (Å²) in [5.41, 5.74) is 0. The Hall–Kier alpha value is -5.92. The number of hydrogen-bond donors (Lipinski definition) is 3. The van der Waals surface area contributed by atoms with Crippen molar-refractivity contribution in [1.29, 1.82) is 0 Å². The summed E-state index contributed by atoms with van der Waals surface area (Å²) >= 11 is 0. The first-order chi connectivity index (χ1) is 42.6. The van der Waals surface area contributed by atoms with E-state index in [4.69, 9.17) is 23.7 Å². The number of unbranched alkanes of at least 4 members (excludes halogenated alkanes) is 12. The van der Waals surface area contributed by atoms with Crippen molar-refractivity contribution in [3.05, 3.63) is 170 Å². The molecule has 1 aliphatic rings. The Kier molecular flexibility index (Phi) is 54.9. The number of aliphatic hydroxyl groups is 2. The fraction of sp³-hybridized carbons (Fsp3) is 0.573. The van der Waals surface area contributed by atoms with Gasteiger partial charge in [-0.3, -0.25) is 14.4 Å². The SMILES string of the molecule is CC/C=C\C/C=C\C/C=C\C/C=C\C/C=C\C/C=C\CCC(=O)OCC(COC1OC(C(=O)O)C(O)C(O)C1OC(=O)CCCCCCCC/C=C\C/C=C\C/C=C\C/C=C\CC)OC(=O)CCCCCCCC/C=C\C/C=C\C/C=C\C/C=C\CC. The average Bonchev–Trinajstić information content (AvgIpc) is 2.56. The maximum atomic E-state index is 13.2. The molecule has 1 aliphatic heterocycles. The van der Waals surface area contributed by atoms with Gasteiger partial charge in [0.1, 0.15) is 18.8 Å². The summed E-state index contributed by atoms with van der Waals surface area (Å²) in [7, 11) is 0. The number of ether oxygens (including phenoxy) is 5. The normalized spacial score (nSPS) is 18.5. The molecule has 0 saturated carbocycles. The minimum atomic E-state index is -1.93. The zero-order chi connectivity index (χ0) is 63.1. The molecule has 3 N–H and O–H groups in total. The highest BCUT2D eigenvalue weighted by Crippen LogP contribution is 2.26. The molecule has 0 aromatic rings. The largest absolute Gasteiger partial charge is 0.479 e. The lowest BCUT2D eigenvalue weighted by atomic mass is 9.98. The molecule has 0 aromatic heterocycles. The Labute approximate surface area is 526 Å². The van der Waals surface area contributed by atoms with Gasteiger partial charge in [-0.2, -0.15) is 0 Å². The molecular weight excluding hydrogens is 1090 g/mol. The van der Waals surface area contributed by atoms with E-state index in [1.165, 1.54) is 0 Å². The highest BCUT2D eigenvalue weighted by molar-refractivity contribution is 5.74. The number of carbonyl (C=O) groups excluding carboxylic acids is 3. The van der Waals surface area contributed by atoms with Crippen LogP contribution in [-0.4, -0.2) is 89.2 Å². The number of carboxylic acid groups (broad SMARTS) is 1. The van der Waals surface area contributed by atoms with Crippen molar-refractivity contribution in [2.24, 2.45) is 0 Å². The maximum absolute atomic E-state index is 13.2. The van der Waals surface area contributed by atoms with Gasteiger partial charge in [0.25, 0.3) is 0 Å². The first-order valence-corrected chi connectivity index (χ1v) is 33.1. The lowest BCUT2D eigenvalue weighted by Crippen LogP contribution is -2.61. The first kappa shape index (κ1) is 79.1. The fourth-order valence-corrected chi connectivity index (χ4v) is 8.85. The van der Waals surface area contributed by atoms with E-state index in [9.17, 15) is 34.5 Å². The Morgan fingerprint density at radius 3 is 1.09 bits per heavy atom. The van der Waals surface area contributed by atoms with Gasteiger partial charge in [-0.25, -0.2) is 4.79 Å². The third-order valence-electron chi connectivity index (χ3n) is 13.8. The number of hydrogen-bond acceptors (Lipinski definition) is 11. The molecule has 486 valence electrons. The standard InChI is InChI=1S/C75H114O12/c1-4-7-10-13-16-19-22-25-28-31-34-37-40-43-46-49-52-55-58-61-67(76)83-64-66(85-68(77)62-59-56-53-50-47-44-41-38-35-32-29-26-23-20-17-14-11-8-5-2)65-84-75-73(71(80)70(79)72(87-75)74(81)82)86-69(78)63-60-57-54-51-48-45-42-39-36-33-30-27-24-21-18-15-12-9-6-3/h7-12,16-21,25-30,34-39,43,46,52,55,66,70-73,75,79-80H,4-6,13-15,22-24,31-33,40-42,44-45,47-51,53-54,56-65H2,1-3H3,(H,81,82)/b10-7-,11-8-,12-9-,19-16-,20-17-,21-18-,28-25-,29-26-,30-27-,37-34-,38-35-,39-36-,46-43-,55-52-. The van der Waals surface area contributed by atoms with Crippen LogP contribution in [0.3, 0.4) is 0 Å². The summed E-state index contributed by atoms with van der Waals surface area (Å²) in [6.07, 6.45) is 77.4. The number of aliphatic hydroxyl groups excluding tert-OH is 2. The molecule has 0 bridgehead atoms. The van der Waals surface area contributed by atoms with Gasteiger partial charge in [0.05, 0.1) is 6.61 Å². The van der Waals surface area contributed by atoms with Gasteiger partial charge in [-0.15, -0.1) is 0 Å². The monoisotopic (exact) mass is 1210 g/mol. The zero-order valence-electron chi connectivity index (χ0n) is 53.7. The van der Waals surface area contributed by atoms with Crippen LogP contribution in [0.1, 0.15) is 226 Å². The molecule has 0 radical (unpaired) electrons. The molecule has 1 heterocycles. The molecule has 1 rings (SSSR count). The van der Waals surface area contributed by atoms with E-state index in [2.05, 4.69) is 179 Å². The van der Waals surface area contributed by atoms with E-state index >= 15 is 0 Å². The second kappa shape index (κ2) is 60.4. The number of rotatable bonds is 54. The van der Waals surface area contributed by atoms with Crippen molar-refractivity contribution in [2.45, 2.75) is 263 Å². The predicted octanol–water partition coefficient (Wildman–Crippen LogP) is 18.2. The fourth-order valence-electron chi connectivity index (χ4n) is 8.85. The number of esters is 3. The Morgan fingerprint density at radius 1 is 0.379 bits per heavy atom. The molecular formula is C75H114O12. The maximum Gasteiger partial charge on any atom is 0.335 e. The summed E-state index contributed by atoms with van der Waals surface area (Å²) in [5, 5.41) is 31.6. The minimum Gasteiger partial charge on any atom is -0.479 e. The van der Waals surface area contributed by atoms with E-state index < -0.39 is 67.3 Å². The molecule has 0 amide bonds. The third-order valence-corrected chi connectivity index (χ3v) is 13.8. The van der Waals surface area contributed by atoms with Crippen molar-refractivity contribution in [3.8, 4) is 0 Å². The van der Waals surface area contributed by atoms with Crippen LogP contribution in [0, 0.1) is 0 Å². The molecule has 6 atom stereocenters. The van der Waals surface area contributed by atoms with Crippen LogP contribution >= 0.6 is 0 Å². The molecule has 87 heavy (non-hydrogen) atoms. The van der Waals surface area contributed by atoms with Gasteiger partial charge in [0, 0.05) is 19.3 Å². The molecule has 1 saturated heterocycles. The highest BCUT2D eigenvalue weighted by Gasteiger charge is 2.50. The predicted molar refractivity (Wildman–Crippen MR) is 358 cm³/mol. The molecule has 1 fully saturated rings. The van der Waals surface area contributed by atoms with Crippen molar-refractivity contribution in [1.82, 2.24) is 0 Å². The van der Waals surface area contributed by atoms with E-state index in [-0.39, 0.29) is 25.9 Å². The summed E-state index contributed by atoms with van der Waals surface area (Å²) < 4.78 is 28.4. The Morgan fingerprint density at radius 2 is 0.713 bits per heavy atom. The lowest BCUT2D eigenvalue weighted by molar-refractivity contribution is -0.301. The van der Waals surface area contributed by atoms with Crippen LogP contribution in [0.2, 0.25) is 0 Å². The summed E-state index contributed by atoms with van der Waals surface area (Å²) in [5.74, 6) is -3.29.